The van der Waals surface area contributed by atoms with Crippen molar-refractivity contribution in [3.63, 3.8) is 0 Å². The molecule has 1 aliphatic heterocycles. The van der Waals surface area contributed by atoms with Crippen LogP contribution in [-0.4, -0.2) is 34.4 Å². The molecule has 3 atom stereocenters. The maximum absolute atomic E-state index is 12.3. The molecule has 1 fully saturated rings. The van der Waals surface area contributed by atoms with Crippen molar-refractivity contribution >= 4 is 11.8 Å². The minimum Gasteiger partial charge on any atom is -0.481 e. The van der Waals surface area contributed by atoms with E-state index >= 15 is 0 Å². The van der Waals surface area contributed by atoms with Gasteiger partial charge in [0.15, 0.2) is 5.78 Å². The van der Waals surface area contributed by atoms with Gasteiger partial charge in [0.1, 0.15) is 5.92 Å². The standard InChI is InChI=1S/C13H17N3O3/c14-11(8-3-6-15-7-4-8)10(13(18)19)12(17)9-2-1-5-16-9/h3-4,6-7,9-11,16H,1-2,5,14H2,(H,18,19)/t9-,10?,11+/m0/s1. The average molecular weight is 263 g/mol. The van der Waals surface area contributed by atoms with Crippen LogP contribution in [-0.2, 0) is 9.59 Å². The molecule has 0 saturated carbocycles. The van der Waals surface area contributed by atoms with E-state index in [0.29, 0.717) is 12.0 Å². The number of carboxylic acid groups (broad SMARTS) is 1. The number of pyridine rings is 1. The monoisotopic (exact) mass is 263 g/mol. The van der Waals surface area contributed by atoms with Gasteiger partial charge in [0.05, 0.1) is 12.1 Å². The smallest absolute Gasteiger partial charge is 0.316 e. The summed E-state index contributed by atoms with van der Waals surface area (Å²) in [6.45, 7) is 0.743. The Morgan fingerprint density at radius 1 is 1.42 bits per heavy atom. The molecule has 0 amide bonds. The molecule has 0 radical (unpaired) electrons. The summed E-state index contributed by atoms with van der Waals surface area (Å²) in [6, 6.07) is 2.02. The van der Waals surface area contributed by atoms with Gasteiger partial charge in [-0.15, -0.1) is 0 Å². The van der Waals surface area contributed by atoms with Crippen molar-refractivity contribution in [3.8, 4) is 0 Å². The number of carboxylic acids is 1. The highest BCUT2D eigenvalue weighted by molar-refractivity contribution is 6.02. The Bertz CT molecular complexity index is 457. The van der Waals surface area contributed by atoms with Crippen LogP contribution < -0.4 is 11.1 Å². The number of carbonyl (C=O) groups is 2. The first-order valence-electron chi connectivity index (χ1n) is 6.26. The third-order valence-electron chi connectivity index (χ3n) is 3.43. The van der Waals surface area contributed by atoms with Crippen LogP contribution >= 0.6 is 0 Å². The summed E-state index contributed by atoms with van der Waals surface area (Å²) in [4.78, 5) is 27.5. The van der Waals surface area contributed by atoms with Gasteiger partial charge in [-0.25, -0.2) is 0 Å². The predicted octanol–water partition coefficient (Wildman–Crippen LogP) is 0.103. The molecule has 1 aliphatic rings. The number of ketones is 1. The molecule has 1 aromatic heterocycles. The number of rotatable bonds is 5. The zero-order valence-electron chi connectivity index (χ0n) is 10.5. The van der Waals surface area contributed by atoms with Crippen LogP contribution in [0.1, 0.15) is 24.4 Å². The van der Waals surface area contributed by atoms with E-state index < -0.39 is 24.0 Å². The van der Waals surface area contributed by atoms with Crippen LogP contribution in [0.2, 0.25) is 0 Å². The number of Topliss-reactive ketones (excluding diaryl/α,β-unsaturated/α-hetero) is 1. The van der Waals surface area contributed by atoms with Gasteiger partial charge in [0.25, 0.3) is 0 Å². The Labute approximate surface area is 111 Å². The fourth-order valence-corrected chi connectivity index (χ4v) is 2.37. The van der Waals surface area contributed by atoms with E-state index in [1.165, 1.54) is 12.4 Å². The fourth-order valence-electron chi connectivity index (χ4n) is 2.37. The molecular weight excluding hydrogens is 246 g/mol. The molecule has 19 heavy (non-hydrogen) atoms. The molecule has 2 heterocycles. The summed E-state index contributed by atoms with van der Waals surface area (Å²) >= 11 is 0. The highest BCUT2D eigenvalue weighted by atomic mass is 16.4. The fraction of sp³-hybridized carbons (Fsp3) is 0.462. The van der Waals surface area contributed by atoms with Crippen molar-refractivity contribution in [3.05, 3.63) is 30.1 Å². The normalized spacial score (nSPS) is 21.8. The topological polar surface area (TPSA) is 105 Å². The first kappa shape index (κ1) is 13.6. The Kier molecular flexibility index (Phi) is 4.24. The van der Waals surface area contributed by atoms with Crippen molar-refractivity contribution in [2.24, 2.45) is 11.7 Å². The summed E-state index contributed by atoms with van der Waals surface area (Å²) < 4.78 is 0. The van der Waals surface area contributed by atoms with E-state index in [2.05, 4.69) is 10.3 Å². The van der Waals surface area contributed by atoms with E-state index in [-0.39, 0.29) is 5.78 Å². The van der Waals surface area contributed by atoms with E-state index in [4.69, 9.17) is 5.73 Å². The molecule has 6 nitrogen and oxygen atoms in total. The Hall–Kier alpha value is -1.79. The molecule has 4 N–H and O–H groups in total. The summed E-state index contributed by atoms with van der Waals surface area (Å²) in [5.41, 5.74) is 6.56. The molecule has 1 saturated heterocycles. The van der Waals surface area contributed by atoms with Crippen LogP contribution in [0.4, 0.5) is 0 Å². The van der Waals surface area contributed by atoms with Crippen molar-refractivity contribution in [2.45, 2.75) is 24.9 Å². The third-order valence-corrected chi connectivity index (χ3v) is 3.43. The third kappa shape index (κ3) is 2.97. The molecule has 2 rings (SSSR count). The largest absolute Gasteiger partial charge is 0.481 e. The Morgan fingerprint density at radius 2 is 2.11 bits per heavy atom. The van der Waals surface area contributed by atoms with Crippen molar-refractivity contribution in [1.82, 2.24) is 10.3 Å². The van der Waals surface area contributed by atoms with Gasteiger partial charge in [0.2, 0.25) is 0 Å². The number of nitrogens with zero attached hydrogens (tertiary/aromatic N) is 1. The van der Waals surface area contributed by atoms with Crippen molar-refractivity contribution < 1.29 is 14.7 Å². The van der Waals surface area contributed by atoms with E-state index in [1.807, 2.05) is 0 Å². The first-order chi connectivity index (χ1) is 9.11. The van der Waals surface area contributed by atoms with Crippen LogP contribution in [0.25, 0.3) is 0 Å². The van der Waals surface area contributed by atoms with Crippen molar-refractivity contribution in [2.75, 3.05) is 6.54 Å². The first-order valence-corrected chi connectivity index (χ1v) is 6.26. The number of aliphatic carboxylic acids is 1. The number of hydrogen-bond acceptors (Lipinski definition) is 5. The maximum Gasteiger partial charge on any atom is 0.316 e. The second-order valence-electron chi connectivity index (χ2n) is 4.67. The molecule has 102 valence electrons. The lowest BCUT2D eigenvalue weighted by atomic mass is 9.87. The van der Waals surface area contributed by atoms with Gasteiger partial charge >= 0.3 is 5.97 Å². The Morgan fingerprint density at radius 3 is 2.63 bits per heavy atom. The quantitative estimate of drug-likeness (QED) is 0.651. The van der Waals surface area contributed by atoms with E-state index in [1.54, 1.807) is 12.1 Å². The number of hydrogen-bond donors (Lipinski definition) is 3. The SMILES string of the molecule is N[C@H](c1ccncc1)C(C(=O)O)C(=O)[C@@H]1CCCN1. The summed E-state index contributed by atoms with van der Waals surface area (Å²) in [5.74, 6) is -2.74. The molecule has 0 spiro atoms. The number of nitrogens with two attached hydrogens (primary N) is 1. The lowest BCUT2D eigenvalue weighted by Crippen LogP contribution is -2.43. The van der Waals surface area contributed by atoms with Gasteiger partial charge in [0, 0.05) is 12.4 Å². The van der Waals surface area contributed by atoms with Gasteiger partial charge < -0.3 is 16.2 Å². The molecule has 0 aromatic carbocycles. The highest BCUT2D eigenvalue weighted by Gasteiger charge is 2.38. The second kappa shape index (κ2) is 5.90. The predicted molar refractivity (Wildman–Crippen MR) is 68.3 cm³/mol. The van der Waals surface area contributed by atoms with Gasteiger partial charge in [-0.2, -0.15) is 0 Å². The zero-order chi connectivity index (χ0) is 13.8. The van der Waals surface area contributed by atoms with Gasteiger partial charge in [-0.05, 0) is 37.1 Å². The average Bonchev–Trinajstić information content (AvgIpc) is 2.93. The summed E-state index contributed by atoms with van der Waals surface area (Å²) in [6.07, 6.45) is 4.62. The zero-order valence-corrected chi connectivity index (χ0v) is 10.5. The minimum absolute atomic E-state index is 0.339. The number of nitrogens with one attached hydrogen (secondary N) is 1. The summed E-state index contributed by atoms with van der Waals surface area (Å²) in [7, 11) is 0. The van der Waals surface area contributed by atoms with Crippen LogP contribution in [0.3, 0.4) is 0 Å². The Balaban J connectivity index is 2.20. The molecule has 1 aromatic rings. The summed E-state index contributed by atoms with van der Waals surface area (Å²) in [5, 5.41) is 12.3. The van der Waals surface area contributed by atoms with E-state index in [9.17, 15) is 14.7 Å². The van der Waals surface area contributed by atoms with Gasteiger partial charge in [-0.1, -0.05) is 0 Å². The van der Waals surface area contributed by atoms with Crippen LogP contribution in [0.5, 0.6) is 0 Å². The van der Waals surface area contributed by atoms with Crippen LogP contribution in [0.15, 0.2) is 24.5 Å². The van der Waals surface area contributed by atoms with Gasteiger partial charge in [-0.3, -0.25) is 14.6 Å². The molecule has 0 aliphatic carbocycles. The number of carbonyl (C=O) groups excluding carboxylic acids is 1. The highest BCUT2D eigenvalue weighted by Crippen LogP contribution is 2.23. The minimum atomic E-state index is -1.22. The molecular formula is C13H17N3O3. The number of aromatic nitrogens is 1. The van der Waals surface area contributed by atoms with E-state index in [0.717, 1.165) is 13.0 Å². The lowest BCUT2D eigenvalue weighted by molar-refractivity contribution is -0.147. The molecule has 0 bridgehead atoms. The lowest BCUT2D eigenvalue weighted by Gasteiger charge is -2.22. The van der Waals surface area contributed by atoms with Crippen molar-refractivity contribution in [1.29, 1.82) is 0 Å². The maximum atomic E-state index is 12.3. The molecule has 6 heteroatoms. The van der Waals surface area contributed by atoms with Crippen LogP contribution in [0, 0.1) is 5.92 Å². The molecule has 1 unspecified atom stereocenters. The second-order valence-corrected chi connectivity index (χ2v) is 4.67.